The first kappa shape index (κ1) is 21.1. The standard InChI is InChI=1S/C23H24N2O5S/c1-15-16(2)24-30-23(15)18-8-9-20(29-3)21(14-18)31(27,28)13-11-22(26)25-12-10-17-6-4-5-7-19(17)25/h4-9,14H,10-13H2,1-3H3. The van der Waals surface area contributed by atoms with Crippen LogP contribution in [0.4, 0.5) is 5.69 Å². The molecule has 0 bridgehead atoms. The SMILES string of the molecule is COc1ccc(-c2onc(C)c2C)cc1S(=O)(=O)CCC(=O)N1CCc2ccccc21. The molecule has 1 aliphatic rings. The molecule has 1 aromatic heterocycles. The van der Waals surface area contributed by atoms with Gasteiger partial charge in [-0.25, -0.2) is 8.42 Å². The quantitative estimate of drug-likeness (QED) is 0.580. The molecule has 0 N–H and O–H groups in total. The van der Waals surface area contributed by atoms with E-state index in [9.17, 15) is 13.2 Å². The summed E-state index contributed by atoms with van der Waals surface area (Å²) in [7, 11) is -2.36. The molecule has 3 aromatic rings. The van der Waals surface area contributed by atoms with Crippen molar-refractivity contribution in [2.24, 2.45) is 0 Å². The highest BCUT2D eigenvalue weighted by atomic mass is 32.2. The Morgan fingerprint density at radius 3 is 2.68 bits per heavy atom. The largest absolute Gasteiger partial charge is 0.495 e. The van der Waals surface area contributed by atoms with E-state index in [2.05, 4.69) is 5.16 Å². The first-order chi connectivity index (χ1) is 14.8. The van der Waals surface area contributed by atoms with Crippen molar-refractivity contribution >= 4 is 21.4 Å². The van der Waals surface area contributed by atoms with E-state index in [4.69, 9.17) is 9.26 Å². The Hall–Kier alpha value is -3.13. The van der Waals surface area contributed by atoms with Crippen molar-refractivity contribution in [1.82, 2.24) is 5.16 Å². The number of carbonyl (C=O) groups excluding carboxylic acids is 1. The molecule has 162 valence electrons. The summed E-state index contributed by atoms with van der Waals surface area (Å²) in [5.74, 6) is 0.238. The van der Waals surface area contributed by atoms with Gasteiger partial charge in [-0.05, 0) is 50.1 Å². The van der Waals surface area contributed by atoms with Gasteiger partial charge in [0.05, 0.1) is 18.6 Å². The molecule has 2 heterocycles. The number of fused-ring (bicyclic) bond motifs is 1. The van der Waals surface area contributed by atoms with E-state index in [1.165, 1.54) is 13.2 Å². The molecular weight excluding hydrogens is 416 g/mol. The third-order valence-corrected chi connectivity index (χ3v) is 7.42. The number of rotatable bonds is 6. The Labute approximate surface area is 181 Å². The van der Waals surface area contributed by atoms with Gasteiger partial charge in [0.1, 0.15) is 10.6 Å². The number of hydrogen-bond acceptors (Lipinski definition) is 6. The minimum Gasteiger partial charge on any atom is -0.495 e. The molecule has 0 unspecified atom stereocenters. The Balaban J connectivity index is 1.58. The molecule has 0 atom stereocenters. The maximum absolute atomic E-state index is 13.2. The number of benzene rings is 2. The fourth-order valence-corrected chi connectivity index (χ4v) is 5.24. The molecule has 7 nitrogen and oxygen atoms in total. The van der Waals surface area contributed by atoms with Gasteiger partial charge >= 0.3 is 0 Å². The van der Waals surface area contributed by atoms with Crippen LogP contribution in [-0.4, -0.2) is 38.9 Å². The highest BCUT2D eigenvalue weighted by Gasteiger charge is 2.27. The van der Waals surface area contributed by atoms with Gasteiger partial charge in [0.25, 0.3) is 0 Å². The van der Waals surface area contributed by atoms with Crippen LogP contribution in [0.2, 0.25) is 0 Å². The van der Waals surface area contributed by atoms with Crippen molar-refractivity contribution in [2.75, 3.05) is 24.3 Å². The summed E-state index contributed by atoms with van der Waals surface area (Å²) < 4.78 is 37.0. The number of hydrogen-bond donors (Lipinski definition) is 0. The van der Waals surface area contributed by atoms with E-state index in [0.717, 1.165) is 28.9 Å². The van der Waals surface area contributed by atoms with Crippen LogP contribution < -0.4 is 9.64 Å². The lowest BCUT2D eigenvalue weighted by atomic mass is 10.1. The van der Waals surface area contributed by atoms with Crippen LogP contribution in [0.25, 0.3) is 11.3 Å². The molecule has 2 aromatic carbocycles. The third-order valence-electron chi connectivity index (χ3n) is 5.69. The highest BCUT2D eigenvalue weighted by molar-refractivity contribution is 7.91. The van der Waals surface area contributed by atoms with Gasteiger partial charge in [0.2, 0.25) is 5.91 Å². The molecule has 0 radical (unpaired) electrons. The number of carbonyl (C=O) groups is 1. The monoisotopic (exact) mass is 440 g/mol. The van der Waals surface area contributed by atoms with Crippen molar-refractivity contribution in [3.63, 3.8) is 0 Å². The average Bonchev–Trinajstić information content (AvgIpc) is 3.35. The second-order valence-electron chi connectivity index (χ2n) is 7.58. The number of amides is 1. The zero-order valence-corrected chi connectivity index (χ0v) is 18.5. The smallest absolute Gasteiger partial charge is 0.228 e. The summed E-state index contributed by atoms with van der Waals surface area (Å²) in [6, 6.07) is 12.6. The van der Waals surface area contributed by atoms with Gasteiger partial charge in [-0.1, -0.05) is 23.4 Å². The number of para-hydroxylation sites is 1. The first-order valence-corrected chi connectivity index (χ1v) is 11.7. The Morgan fingerprint density at radius 1 is 1.19 bits per heavy atom. The molecule has 1 aliphatic heterocycles. The minimum absolute atomic E-state index is 0.0376. The number of anilines is 1. The summed E-state index contributed by atoms with van der Waals surface area (Å²) in [6.45, 7) is 4.26. The van der Waals surface area contributed by atoms with Gasteiger partial charge < -0.3 is 14.2 Å². The molecule has 1 amide bonds. The van der Waals surface area contributed by atoms with E-state index < -0.39 is 9.84 Å². The van der Waals surface area contributed by atoms with E-state index in [1.807, 2.05) is 38.1 Å². The molecule has 4 rings (SSSR count). The second-order valence-corrected chi connectivity index (χ2v) is 9.66. The predicted octanol–water partition coefficient (Wildman–Crippen LogP) is 3.72. The van der Waals surface area contributed by atoms with Crippen molar-refractivity contribution < 1.29 is 22.5 Å². The molecule has 0 saturated heterocycles. The van der Waals surface area contributed by atoms with E-state index >= 15 is 0 Å². The second kappa shape index (κ2) is 8.19. The Bertz CT molecular complexity index is 1250. The molecular formula is C23H24N2O5S. The Kier molecular flexibility index (Phi) is 5.58. The first-order valence-electron chi connectivity index (χ1n) is 10.0. The van der Waals surface area contributed by atoms with E-state index in [1.54, 1.807) is 17.0 Å². The summed E-state index contributed by atoms with van der Waals surface area (Å²) >= 11 is 0. The van der Waals surface area contributed by atoms with Gasteiger partial charge in [-0.3, -0.25) is 4.79 Å². The van der Waals surface area contributed by atoms with Crippen LogP contribution >= 0.6 is 0 Å². The number of methoxy groups -OCH3 is 1. The lowest BCUT2D eigenvalue weighted by Gasteiger charge is -2.17. The number of nitrogens with zero attached hydrogens (tertiary/aromatic N) is 2. The molecule has 0 aliphatic carbocycles. The molecule has 8 heteroatoms. The van der Waals surface area contributed by atoms with Crippen LogP contribution in [0.3, 0.4) is 0 Å². The van der Waals surface area contributed by atoms with Gasteiger partial charge in [0.15, 0.2) is 15.6 Å². The molecule has 31 heavy (non-hydrogen) atoms. The fourth-order valence-electron chi connectivity index (χ4n) is 3.81. The van der Waals surface area contributed by atoms with E-state index in [0.29, 0.717) is 17.9 Å². The van der Waals surface area contributed by atoms with Crippen molar-refractivity contribution in [2.45, 2.75) is 31.6 Å². The zero-order valence-electron chi connectivity index (χ0n) is 17.7. The number of sulfone groups is 1. The number of aryl methyl sites for hydroxylation is 1. The third kappa shape index (κ3) is 3.95. The van der Waals surface area contributed by atoms with Gasteiger partial charge in [-0.2, -0.15) is 0 Å². The normalized spacial score (nSPS) is 13.3. The van der Waals surface area contributed by atoms with Crippen LogP contribution in [0.15, 0.2) is 51.9 Å². The number of ether oxygens (including phenoxy) is 1. The van der Waals surface area contributed by atoms with E-state index in [-0.39, 0.29) is 28.7 Å². The predicted molar refractivity (Wildman–Crippen MR) is 117 cm³/mol. The number of aromatic nitrogens is 1. The maximum atomic E-state index is 13.2. The zero-order chi connectivity index (χ0) is 22.2. The van der Waals surface area contributed by atoms with Crippen LogP contribution in [-0.2, 0) is 21.1 Å². The van der Waals surface area contributed by atoms with Crippen molar-refractivity contribution in [1.29, 1.82) is 0 Å². The highest BCUT2D eigenvalue weighted by Crippen LogP contribution is 2.33. The summed E-state index contributed by atoms with van der Waals surface area (Å²) in [5.41, 5.74) is 4.15. The fraction of sp³-hybridized carbons (Fsp3) is 0.304. The van der Waals surface area contributed by atoms with Crippen LogP contribution in [0, 0.1) is 13.8 Å². The summed E-state index contributed by atoms with van der Waals surface area (Å²) in [6.07, 6.45) is 0.672. The van der Waals surface area contributed by atoms with Crippen LogP contribution in [0.5, 0.6) is 5.75 Å². The minimum atomic E-state index is -3.78. The maximum Gasteiger partial charge on any atom is 0.228 e. The molecule has 0 spiro atoms. The van der Waals surface area contributed by atoms with Gasteiger partial charge in [0, 0.05) is 29.8 Å². The van der Waals surface area contributed by atoms with Crippen molar-refractivity contribution in [3.8, 4) is 17.1 Å². The van der Waals surface area contributed by atoms with Gasteiger partial charge in [-0.15, -0.1) is 0 Å². The lowest BCUT2D eigenvalue weighted by molar-refractivity contribution is -0.118. The van der Waals surface area contributed by atoms with Crippen molar-refractivity contribution in [3.05, 3.63) is 59.3 Å². The van der Waals surface area contributed by atoms with Crippen LogP contribution in [0.1, 0.15) is 23.2 Å². The summed E-state index contributed by atoms with van der Waals surface area (Å²) in [5, 5.41) is 3.94. The summed E-state index contributed by atoms with van der Waals surface area (Å²) in [4.78, 5) is 14.5. The Morgan fingerprint density at radius 2 is 1.97 bits per heavy atom. The average molecular weight is 441 g/mol. The molecule has 0 saturated carbocycles. The molecule has 0 fully saturated rings. The topological polar surface area (TPSA) is 89.7 Å². The lowest BCUT2D eigenvalue weighted by Crippen LogP contribution is -2.30.